The smallest absolute Gasteiger partial charge is 0.269 e. The number of allylic oxidation sites excluding steroid dienone is 1. The van der Waals surface area contributed by atoms with Crippen molar-refractivity contribution >= 4 is 17.4 Å². The lowest BCUT2D eigenvalue weighted by Gasteiger charge is -2.06. The van der Waals surface area contributed by atoms with Gasteiger partial charge in [-0.3, -0.25) is 9.59 Å². The minimum atomic E-state index is -0.741. The molecule has 0 bridgehead atoms. The third-order valence-corrected chi connectivity index (χ3v) is 3.21. The molecule has 0 unspecified atom stereocenters. The monoisotopic (exact) mass is 324 g/mol. The highest BCUT2D eigenvalue weighted by Crippen LogP contribution is 2.15. The van der Waals surface area contributed by atoms with E-state index < -0.39 is 11.7 Å². The average molecular weight is 324 g/mol. The van der Waals surface area contributed by atoms with Crippen LogP contribution in [-0.2, 0) is 4.79 Å². The van der Waals surface area contributed by atoms with Crippen molar-refractivity contribution in [1.82, 2.24) is 0 Å². The molecule has 5 nitrogen and oxygen atoms in total. The molecule has 0 atom stereocenters. The van der Waals surface area contributed by atoms with Gasteiger partial charge in [0.2, 0.25) is 0 Å². The zero-order valence-electron chi connectivity index (χ0n) is 12.7. The Balaban J connectivity index is 2.15. The van der Waals surface area contributed by atoms with E-state index in [1.54, 1.807) is 6.07 Å². The number of nitrogens with one attached hydrogen (secondary N) is 1. The van der Waals surface area contributed by atoms with Crippen molar-refractivity contribution in [2.24, 2.45) is 0 Å². The standard InChI is InChI=1S/C18H13FN2O3/c1-11(22)16(10-20)18(24)21-15-8-4-13(5-9-15)17(23)12-2-6-14(19)7-3-12/h2-9,22H,1H3,(H,21,24). The van der Waals surface area contributed by atoms with Gasteiger partial charge in [-0.05, 0) is 55.5 Å². The second-order valence-electron chi connectivity index (χ2n) is 4.94. The SMILES string of the molecule is CC(O)=C(C#N)C(=O)Nc1ccc(C(=O)c2ccc(F)cc2)cc1. The van der Waals surface area contributed by atoms with Crippen molar-refractivity contribution < 1.29 is 19.1 Å². The highest BCUT2D eigenvalue weighted by atomic mass is 19.1. The van der Waals surface area contributed by atoms with Crippen LogP contribution >= 0.6 is 0 Å². The summed E-state index contributed by atoms with van der Waals surface area (Å²) in [5.41, 5.74) is 0.693. The highest BCUT2D eigenvalue weighted by Gasteiger charge is 2.13. The normalized spacial score (nSPS) is 11.2. The highest BCUT2D eigenvalue weighted by molar-refractivity contribution is 6.10. The fourth-order valence-corrected chi connectivity index (χ4v) is 1.96. The Morgan fingerprint density at radius 1 is 1.04 bits per heavy atom. The predicted molar refractivity (Wildman–Crippen MR) is 85.8 cm³/mol. The van der Waals surface area contributed by atoms with Gasteiger partial charge in [-0.2, -0.15) is 5.26 Å². The molecule has 0 spiro atoms. The minimum Gasteiger partial charge on any atom is -0.511 e. The maximum atomic E-state index is 12.9. The van der Waals surface area contributed by atoms with Crippen LogP contribution in [0, 0.1) is 17.1 Å². The van der Waals surface area contributed by atoms with Gasteiger partial charge in [0.15, 0.2) is 11.4 Å². The Morgan fingerprint density at radius 2 is 1.54 bits per heavy atom. The Labute approximate surface area is 137 Å². The van der Waals surface area contributed by atoms with Gasteiger partial charge >= 0.3 is 0 Å². The molecule has 2 N–H and O–H groups in total. The third-order valence-electron chi connectivity index (χ3n) is 3.21. The Hall–Kier alpha value is -3.46. The van der Waals surface area contributed by atoms with E-state index in [2.05, 4.69) is 5.32 Å². The fourth-order valence-electron chi connectivity index (χ4n) is 1.96. The number of hydrogen-bond acceptors (Lipinski definition) is 4. The molecule has 6 heteroatoms. The molecule has 0 saturated heterocycles. The molecule has 0 heterocycles. The molecule has 1 amide bonds. The predicted octanol–water partition coefficient (Wildman–Crippen LogP) is 3.35. The lowest BCUT2D eigenvalue weighted by molar-refractivity contribution is -0.112. The number of nitrogens with zero attached hydrogens (tertiary/aromatic N) is 1. The van der Waals surface area contributed by atoms with E-state index in [1.165, 1.54) is 55.5 Å². The summed E-state index contributed by atoms with van der Waals surface area (Å²) in [6.45, 7) is 1.24. The van der Waals surface area contributed by atoms with Crippen LogP contribution in [0.4, 0.5) is 10.1 Å². The van der Waals surface area contributed by atoms with Crippen molar-refractivity contribution in [2.45, 2.75) is 6.92 Å². The summed E-state index contributed by atoms with van der Waals surface area (Å²) in [6, 6.07) is 12.8. The first-order valence-electron chi connectivity index (χ1n) is 6.94. The molecular formula is C18H13FN2O3. The molecule has 0 aliphatic rings. The number of carbonyl (C=O) groups excluding carboxylic acids is 2. The Bertz CT molecular complexity index is 843. The molecule has 2 aromatic rings. The number of carbonyl (C=O) groups is 2. The summed E-state index contributed by atoms with van der Waals surface area (Å²) in [5.74, 6) is -1.82. The molecule has 120 valence electrons. The molecular weight excluding hydrogens is 311 g/mol. The van der Waals surface area contributed by atoms with Crippen molar-refractivity contribution in [3.63, 3.8) is 0 Å². The van der Waals surface area contributed by atoms with Crippen molar-refractivity contribution in [3.8, 4) is 6.07 Å². The number of rotatable bonds is 4. The van der Waals surface area contributed by atoms with Gasteiger partial charge < -0.3 is 10.4 Å². The van der Waals surface area contributed by atoms with E-state index >= 15 is 0 Å². The second kappa shape index (κ2) is 7.20. The van der Waals surface area contributed by atoms with Gasteiger partial charge in [-0.15, -0.1) is 0 Å². The fraction of sp³-hybridized carbons (Fsp3) is 0.0556. The first kappa shape index (κ1) is 16.9. The number of amides is 1. The topological polar surface area (TPSA) is 90.2 Å². The number of benzene rings is 2. The van der Waals surface area contributed by atoms with E-state index in [9.17, 15) is 19.1 Å². The van der Waals surface area contributed by atoms with Gasteiger partial charge in [0.25, 0.3) is 5.91 Å². The van der Waals surface area contributed by atoms with Gasteiger partial charge in [-0.25, -0.2) is 4.39 Å². The maximum Gasteiger partial charge on any atom is 0.269 e. The zero-order valence-corrected chi connectivity index (χ0v) is 12.7. The molecule has 0 radical (unpaired) electrons. The largest absolute Gasteiger partial charge is 0.511 e. The van der Waals surface area contributed by atoms with Gasteiger partial charge in [0.05, 0.1) is 0 Å². The van der Waals surface area contributed by atoms with Gasteiger partial charge in [0.1, 0.15) is 17.6 Å². The minimum absolute atomic E-state index is 0.281. The lowest BCUT2D eigenvalue weighted by atomic mass is 10.0. The van der Waals surface area contributed by atoms with Crippen LogP contribution in [0.15, 0.2) is 59.9 Å². The van der Waals surface area contributed by atoms with Crippen LogP contribution in [0.2, 0.25) is 0 Å². The molecule has 2 rings (SSSR count). The van der Waals surface area contributed by atoms with E-state index in [-0.39, 0.29) is 17.1 Å². The average Bonchev–Trinajstić information content (AvgIpc) is 2.56. The number of halogens is 1. The molecule has 0 saturated carbocycles. The number of ketones is 1. The summed E-state index contributed by atoms with van der Waals surface area (Å²) in [6.07, 6.45) is 0. The number of anilines is 1. The van der Waals surface area contributed by atoms with Crippen LogP contribution in [0.3, 0.4) is 0 Å². The van der Waals surface area contributed by atoms with Gasteiger partial charge in [-0.1, -0.05) is 0 Å². The Morgan fingerprint density at radius 3 is 2.00 bits per heavy atom. The quantitative estimate of drug-likeness (QED) is 0.390. The molecule has 0 aliphatic heterocycles. The van der Waals surface area contributed by atoms with Crippen molar-refractivity contribution in [1.29, 1.82) is 5.26 Å². The van der Waals surface area contributed by atoms with Crippen LogP contribution in [-0.4, -0.2) is 16.8 Å². The summed E-state index contributed by atoms with van der Waals surface area (Å²) in [5, 5.41) is 20.5. The van der Waals surface area contributed by atoms with E-state index in [0.29, 0.717) is 16.8 Å². The first-order chi connectivity index (χ1) is 11.4. The van der Waals surface area contributed by atoms with Crippen molar-refractivity contribution in [3.05, 3.63) is 76.8 Å². The first-order valence-corrected chi connectivity index (χ1v) is 6.94. The van der Waals surface area contributed by atoms with Crippen LogP contribution in [0.5, 0.6) is 0 Å². The second-order valence-corrected chi connectivity index (χ2v) is 4.94. The van der Waals surface area contributed by atoms with Crippen LogP contribution in [0.25, 0.3) is 0 Å². The number of aliphatic hydroxyl groups is 1. The van der Waals surface area contributed by atoms with Gasteiger partial charge in [0, 0.05) is 16.8 Å². The van der Waals surface area contributed by atoms with Crippen LogP contribution in [0.1, 0.15) is 22.8 Å². The van der Waals surface area contributed by atoms with Crippen LogP contribution < -0.4 is 5.32 Å². The molecule has 0 aliphatic carbocycles. The van der Waals surface area contributed by atoms with E-state index in [4.69, 9.17) is 5.26 Å². The molecule has 24 heavy (non-hydrogen) atoms. The lowest BCUT2D eigenvalue weighted by Crippen LogP contribution is -2.15. The number of aliphatic hydroxyl groups excluding tert-OH is 1. The maximum absolute atomic E-state index is 12.9. The molecule has 0 fully saturated rings. The zero-order chi connectivity index (χ0) is 17.7. The third kappa shape index (κ3) is 3.84. The molecule has 0 aromatic heterocycles. The number of hydrogen-bond donors (Lipinski definition) is 2. The summed E-state index contributed by atoms with van der Waals surface area (Å²) >= 11 is 0. The number of nitriles is 1. The summed E-state index contributed by atoms with van der Waals surface area (Å²) in [4.78, 5) is 24.0. The van der Waals surface area contributed by atoms with Crippen molar-refractivity contribution in [2.75, 3.05) is 5.32 Å². The van der Waals surface area contributed by atoms with E-state index in [0.717, 1.165) is 0 Å². The van der Waals surface area contributed by atoms with E-state index in [1.807, 2.05) is 0 Å². The summed E-state index contributed by atoms with van der Waals surface area (Å²) < 4.78 is 12.9. The molecule has 2 aromatic carbocycles. The Kier molecular flexibility index (Phi) is 5.07. The summed E-state index contributed by atoms with van der Waals surface area (Å²) in [7, 11) is 0.